The summed E-state index contributed by atoms with van der Waals surface area (Å²) in [6, 6.07) is 7.73. The van der Waals surface area contributed by atoms with Crippen molar-refractivity contribution in [2.24, 2.45) is 22.4 Å². The van der Waals surface area contributed by atoms with Crippen molar-refractivity contribution in [1.82, 2.24) is 4.90 Å². The van der Waals surface area contributed by atoms with Gasteiger partial charge in [0.1, 0.15) is 5.92 Å². The Labute approximate surface area is 139 Å². The molecule has 1 aromatic carbocycles. The molecule has 0 aromatic heterocycles. The lowest BCUT2D eigenvalue weighted by Crippen LogP contribution is -2.67. The van der Waals surface area contributed by atoms with Gasteiger partial charge >= 0.3 is 5.97 Å². The average Bonchev–Trinajstić information content (AvgIpc) is 2.53. The Morgan fingerprint density at radius 2 is 1.92 bits per heavy atom. The zero-order chi connectivity index (χ0) is 17.9. The van der Waals surface area contributed by atoms with E-state index in [1.54, 1.807) is 37.3 Å². The lowest BCUT2D eigenvalue weighted by atomic mass is 9.86. The van der Waals surface area contributed by atoms with E-state index in [1.165, 1.54) is 6.92 Å². The fraction of sp³-hybridized carbons (Fsp3) is 0.375. The summed E-state index contributed by atoms with van der Waals surface area (Å²) in [6.07, 6.45) is -0.560. The van der Waals surface area contributed by atoms with Crippen molar-refractivity contribution in [3.63, 3.8) is 0 Å². The number of nitrogens with two attached hydrogens (primary N) is 2. The van der Waals surface area contributed by atoms with Crippen LogP contribution >= 0.6 is 0 Å². The molecule has 1 aliphatic rings. The van der Waals surface area contributed by atoms with Crippen molar-refractivity contribution in [1.29, 1.82) is 0 Å². The number of aliphatic imine (C=N–C) groups is 1. The van der Waals surface area contributed by atoms with Crippen molar-refractivity contribution in [2.75, 3.05) is 0 Å². The third-order valence-electron chi connectivity index (χ3n) is 3.76. The van der Waals surface area contributed by atoms with Crippen molar-refractivity contribution in [3.8, 4) is 0 Å². The van der Waals surface area contributed by atoms with Crippen LogP contribution in [0.15, 0.2) is 35.3 Å². The van der Waals surface area contributed by atoms with Crippen LogP contribution in [0.25, 0.3) is 0 Å². The lowest BCUT2D eigenvalue weighted by Gasteiger charge is -2.46. The first kappa shape index (κ1) is 17.5. The zero-order valence-corrected chi connectivity index (χ0v) is 13.5. The van der Waals surface area contributed by atoms with Gasteiger partial charge < -0.3 is 16.2 Å². The number of esters is 1. The van der Waals surface area contributed by atoms with Crippen LogP contribution in [0.3, 0.4) is 0 Å². The van der Waals surface area contributed by atoms with E-state index in [2.05, 4.69) is 4.99 Å². The monoisotopic (exact) mass is 332 g/mol. The number of hydrogen-bond acceptors (Lipinski definition) is 5. The van der Waals surface area contributed by atoms with E-state index in [4.69, 9.17) is 16.2 Å². The molecule has 1 fully saturated rings. The van der Waals surface area contributed by atoms with Crippen LogP contribution in [0.4, 0.5) is 0 Å². The average molecular weight is 332 g/mol. The predicted molar refractivity (Wildman–Crippen MR) is 86.6 cm³/mol. The molecule has 0 bridgehead atoms. The molecule has 2 rings (SSSR count). The summed E-state index contributed by atoms with van der Waals surface area (Å²) < 4.78 is 5.18. The van der Waals surface area contributed by atoms with Crippen molar-refractivity contribution >= 4 is 23.7 Å². The molecule has 128 valence electrons. The first-order valence-corrected chi connectivity index (χ1v) is 7.55. The van der Waals surface area contributed by atoms with Crippen LogP contribution in [0, 0.1) is 5.92 Å². The number of rotatable bonds is 5. The molecule has 2 amide bonds. The quantitative estimate of drug-likeness (QED) is 0.261. The molecule has 0 saturated carbocycles. The number of β-lactam (4-membered cyclic amide) rings is 1. The van der Waals surface area contributed by atoms with Gasteiger partial charge in [0.15, 0.2) is 12.2 Å². The zero-order valence-electron chi connectivity index (χ0n) is 13.5. The van der Waals surface area contributed by atoms with E-state index >= 15 is 0 Å². The van der Waals surface area contributed by atoms with Crippen LogP contribution in [-0.4, -0.2) is 40.9 Å². The second-order valence-corrected chi connectivity index (χ2v) is 5.43. The number of benzene rings is 1. The Kier molecular flexibility index (Phi) is 5.18. The third-order valence-corrected chi connectivity index (χ3v) is 3.76. The maximum Gasteiger partial charge on any atom is 0.304 e. The topological polar surface area (TPSA) is 128 Å². The number of guanidine groups is 1. The van der Waals surface area contributed by atoms with Crippen molar-refractivity contribution < 1.29 is 19.1 Å². The van der Waals surface area contributed by atoms with Gasteiger partial charge in [-0.05, 0) is 18.6 Å². The number of imide groups is 1. The highest BCUT2D eigenvalue weighted by molar-refractivity contribution is 6.09. The highest BCUT2D eigenvalue weighted by Gasteiger charge is 2.56. The number of carbonyl (C=O) groups excluding carboxylic acids is 3. The molecule has 1 heterocycles. The largest absolute Gasteiger partial charge is 0.440 e. The molecular formula is C16H20N4O4. The Hall–Kier alpha value is -2.90. The molecule has 4 N–H and O–H groups in total. The van der Waals surface area contributed by atoms with Gasteiger partial charge in [0.2, 0.25) is 5.91 Å². The molecule has 0 radical (unpaired) electrons. The summed E-state index contributed by atoms with van der Waals surface area (Å²) in [7, 11) is 0. The molecule has 1 aromatic rings. The first-order chi connectivity index (χ1) is 11.4. The molecule has 1 saturated heterocycles. The number of carbonyl (C=O) groups is 3. The third kappa shape index (κ3) is 3.37. The van der Waals surface area contributed by atoms with Gasteiger partial charge in [-0.15, -0.1) is 0 Å². The summed E-state index contributed by atoms with van der Waals surface area (Å²) in [5, 5.41) is 0. The molecule has 3 atom stereocenters. The Morgan fingerprint density at radius 3 is 2.42 bits per heavy atom. The van der Waals surface area contributed by atoms with Gasteiger partial charge in [0.25, 0.3) is 5.91 Å². The fourth-order valence-corrected chi connectivity index (χ4v) is 2.69. The Balaban J connectivity index is 2.30. The molecule has 8 heteroatoms. The van der Waals surface area contributed by atoms with E-state index in [0.29, 0.717) is 12.0 Å². The second kappa shape index (κ2) is 7.12. The smallest absolute Gasteiger partial charge is 0.304 e. The van der Waals surface area contributed by atoms with E-state index in [-0.39, 0.29) is 5.96 Å². The maximum atomic E-state index is 12.5. The van der Waals surface area contributed by atoms with Crippen LogP contribution in [-0.2, 0) is 14.3 Å². The fourth-order valence-electron chi connectivity index (χ4n) is 2.69. The van der Waals surface area contributed by atoms with Gasteiger partial charge in [-0.25, -0.2) is 9.89 Å². The summed E-state index contributed by atoms with van der Waals surface area (Å²) in [6.45, 7) is 3.02. The minimum absolute atomic E-state index is 0.163. The number of ether oxygens (including phenoxy) is 1. The van der Waals surface area contributed by atoms with E-state index in [1.807, 2.05) is 0 Å². The molecule has 0 aliphatic carbocycles. The molecule has 3 unspecified atom stereocenters. The summed E-state index contributed by atoms with van der Waals surface area (Å²) in [4.78, 5) is 41.4. The number of hydrogen-bond donors (Lipinski definition) is 2. The van der Waals surface area contributed by atoms with Crippen molar-refractivity contribution in [3.05, 3.63) is 35.9 Å². The minimum atomic E-state index is -1.02. The summed E-state index contributed by atoms with van der Waals surface area (Å²) in [5.41, 5.74) is 11.1. The molecule has 1 aliphatic heterocycles. The standard InChI is InChI=1S/C16H20N4O4/c1-3-11(19-16(17)18)12-14(23)20(15(12)24-9(2)21)13(22)10-7-5-4-6-8-10/h4-8,11-12,15H,3H2,1-2H3,(H4,17,18,19). The predicted octanol–water partition coefficient (Wildman–Crippen LogP) is 0.226. The first-order valence-electron chi connectivity index (χ1n) is 7.55. The van der Waals surface area contributed by atoms with Crippen LogP contribution in [0.5, 0.6) is 0 Å². The van der Waals surface area contributed by atoms with Crippen LogP contribution < -0.4 is 11.5 Å². The number of amides is 2. The molecular weight excluding hydrogens is 312 g/mol. The summed E-state index contributed by atoms with van der Waals surface area (Å²) >= 11 is 0. The van der Waals surface area contributed by atoms with E-state index in [9.17, 15) is 14.4 Å². The van der Waals surface area contributed by atoms with Crippen molar-refractivity contribution in [2.45, 2.75) is 32.5 Å². The molecule has 24 heavy (non-hydrogen) atoms. The number of nitrogens with zero attached hydrogens (tertiary/aromatic N) is 2. The van der Waals surface area contributed by atoms with Gasteiger partial charge in [-0.1, -0.05) is 25.1 Å². The van der Waals surface area contributed by atoms with Gasteiger partial charge in [0.05, 0.1) is 6.04 Å². The van der Waals surface area contributed by atoms with Gasteiger partial charge in [-0.2, -0.15) is 0 Å². The van der Waals surface area contributed by atoms with E-state index in [0.717, 1.165) is 4.90 Å². The van der Waals surface area contributed by atoms with E-state index < -0.39 is 36.0 Å². The molecule has 0 spiro atoms. The Bertz CT molecular complexity index is 670. The second-order valence-electron chi connectivity index (χ2n) is 5.43. The van der Waals surface area contributed by atoms with Gasteiger partial charge in [0, 0.05) is 12.5 Å². The van der Waals surface area contributed by atoms with Crippen LogP contribution in [0.1, 0.15) is 30.6 Å². The minimum Gasteiger partial charge on any atom is -0.440 e. The van der Waals surface area contributed by atoms with Crippen LogP contribution in [0.2, 0.25) is 0 Å². The number of likely N-dealkylation sites (tertiary alicyclic amines) is 1. The Morgan fingerprint density at radius 1 is 1.29 bits per heavy atom. The highest BCUT2D eigenvalue weighted by atomic mass is 16.6. The highest BCUT2D eigenvalue weighted by Crippen LogP contribution is 2.34. The lowest BCUT2D eigenvalue weighted by molar-refractivity contribution is -0.190. The van der Waals surface area contributed by atoms with Gasteiger partial charge in [-0.3, -0.25) is 14.4 Å². The molecule has 8 nitrogen and oxygen atoms in total. The maximum absolute atomic E-state index is 12.5. The summed E-state index contributed by atoms with van der Waals surface area (Å²) in [5.74, 6) is -2.53. The SMILES string of the molecule is CCC(N=C(N)N)C1C(=O)N(C(=O)c2ccccc2)C1OC(C)=O. The normalized spacial score (nSPS) is 20.8.